The van der Waals surface area contributed by atoms with Crippen LogP contribution in [-0.4, -0.2) is 82.5 Å². The van der Waals surface area contributed by atoms with E-state index in [2.05, 4.69) is 41.8 Å². The molecule has 0 radical (unpaired) electrons. The largest absolute Gasteiger partial charge is 0.479 e. The Bertz CT molecular complexity index is 1530. The van der Waals surface area contributed by atoms with Crippen LogP contribution >= 0.6 is 27.3 Å². The van der Waals surface area contributed by atoms with Gasteiger partial charge in [-0.1, -0.05) is 12.1 Å². The molecule has 1 aliphatic heterocycles. The molecular formula is C30H35BrN6O7S. The molecule has 1 saturated heterocycles. The zero-order valence-corrected chi connectivity index (χ0v) is 27.7. The van der Waals surface area contributed by atoms with E-state index < -0.39 is 11.9 Å². The van der Waals surface area contributed by atoms with Gasteiger partial charge >= 0.3 is 24.0 Å². The zero-order valence-electron chi connectivity index (χ0n) is 25.3. The highest BCUT2D eigenvalue weighted by Gasteiger charge is 2.31. The summed E-state index contributed by atoms with van der Waals surface area (Å²) >= 11 is 4.70. The normalized spacial score (nSPS) is 13.0. The van der Waals surface area contributed by atoms with Crippen LogP contribution in [0.3, 0.4) is 0 Å². The second-order valence-corrected chi connectivity index (χ2v) is 11.6. The molecular weight excluding hydrogens is 668 g/mol. The molecule has 1 fully saturated rings. The Morgan fingerprint density at radius 1 is 1.11 bits per heavy atom. The van der Waals surface area contributed by atoms with Crippen molar-refractivity contribution < 1.29 is 33.4 Å². The van der Waals surface area contributed by atoms with Crippen LogP contribution in [-0.2, 0) is 14.3 Å². The molecule has 0 unspecified atom stereocenters. The first-order chi connectivity index (χ1) is 21.7. The predicted octanol–water partition coefficient (Wildman–Crippen LogP) is 4.87. The lowest BCUT2D eigenvalue weighted by Gasteiger charge is -2.39. The molecule has 15 heteroatoms. The summed E-state index contributed by atoms with van der Waals surface area (Å²) < 4.78 is 16.1. The zero-order chi connectivity index (χ0) is 32.5. The van der Waals surface area contributed by atoms with E-state index >= 15 is 0 Å². The van der Waals surface area contributed by atoms with Crippen LogP contribution in [0.15, 0.2) is 47.1 Å². The van der Waals surface area contributed by atoms with Gasteiger partial charge in [-0.3, -0.25) is 4.90 Å². The van der Waals surface area contributed by atoms with E-state index in [0.717, 1.165) is 22.7 Å². The van der Waals surface area contributed by atoms with Gasteiger partial charge in [-0.15, -0.1) is 11.3 Å². The van der Waals surface area contributed by atoms with Crippen molar-refractivity contribution in [1.82, 2.24) is 15.6 Å². The third-order valence-corrected chi connectivity index (χ3v) is 9.24. The van der Waals surface area contributed by atoms with Gasteiger partial charge in [0.15, 0.2) is 17.2 Å². The van der Waals surface area contributed by atoms with Crippen LogP contribution in [0.1, 0.15) is 29.4 Å². The summed E-state index contributed by atoms with van der Waals surface area (Å²) in [4.78, 5) is 58.6. The molecule has 240 valence electrons. The molecule has 4 rings (SSSR count). The standard InChI is InChI=1S/C30H35BrN6O7S/c1-5-43-23(38)17-44-25-24(31)26(45-27(25)28(39)42-4)18-7-6-8-21(15-18)37(30(41)33-3)20-11-13-36(14-12-20)22-10-9-19(16-34-22)35-29(40)32-2/h6-10,15-16,20H,5,11-14,17H2,1-4H3,(H,33,41)(H2,32,35,40). The highest BCUT2D eigenvalue weighted by Crippen LogP contribution is 2.46. The van der Waals surface area contributed by atoms with Crippen LogP contribution in [0, 0.1) is 0 Å². The fourth-order valence-electron chi connectivity index (χ4n) is 4.88. The molecule has 1 aliphatic rings. The highest BCUT2D eigenvalue weighted by molar-refractivity contribution is 9.10. The molecule has 13 nitrogen and oxygen atoms in total. The molecule has 2 aromatic heterocycles. The Balaban J connectivity index is 1.55. The van der Waals surface area contributed by atoms with Crippen LogP contribution in [0.25, 0.3) is 10.4 Å². The highest BCUT2D eigenvalue weighted by atomic mass is 79.9. The second kappa shape index (κ2) is 15.6. The number of anilines is 3. The van der Waals surface area contributed by atoms with Gasteiger partial charge in [0, 0.05) is 38.9 Å². The minimum Gasteiger partial charge on any atom is -0.479 e. The smallest absolute Gasteiger partial charge is 0.351 e. The number of amides is 4. The van der Waals surface area contributed by atoms with E-state index in [9.17, 15) is 19.2 Å². The third-order valence-electron chi connectivity index (χ3n) is 7.03. The SMILES string of the molecule is CCOC(=O)COc1c(C(=O)OC)sc(-c2cccc(N(C(=O)NC)C3CCN(c4ccc(NC(=O)NC)cn4)CC3)c2)c1Br. The van der Waals surface area contributed by atoms with Crippen molar-refractivity contribution in [3.8, 4) is 16.2 Å². The number of methoxy groups -OCH3 is 1. The van der Waals surface area contributed by atoms with Gasteiger partial charge in [0.05, 0.1) is 35.0 Å². The summed E-state index contributed by atoms with van der Waals surface area (Å²) in [6.07, 6.45) is 3.00. The molecule has 3 N–H and O–H groups in total. The maximum Gasteiger partial charge on any atom is 0.351 e. The Kier molecular flexibility index (Phi) is 11.6. The summed E-state index contributed by atoms with van der Waals surface area (Å²) in [5.41, 5.74) is 2.01. The summed E-state index contributed by atoms with van der Waals surface area (Å²) in [5.74, 6) is -0.197. The third kappa shape index (κ3) is 8.02. The number of pyridine rings is 1. The number of carbonyl (C=O) groups excluding carboxylic acids is 4. The van der Waals surface area contributed by atoms with E-state index in [1.54, 1.807) is 38.2 Å². The van der Waals surface area contributed by atoms with Gasteiger partial charge in [-0.05, 0) is 65.5 Å². The maximum atomic E-state index is 13.2. The number of carbonyl (C=O) groups is 4. The molecule has 1 aromatic carbocycles. The number of hydrogen-bond donors (Lipinski definition) is 3. The minimum atomic E-state index is -0.604. The molecule has 45 heavy (non-hydrogen) atoms. The number of benzene rings is 1. The van der Waals surface area contributed by atoms with E-state index in [4.69, 9.17) is 14.2 Å². The van der Waals surface area contributed by atoms with Gasteiger partial charge in [0.1, 0.15) is 5.82 Å². The molecule has 3 aromatic rings. The number of hydrogen-bond acceptors (Lipinski definition) is 10. The summed E-state index contributed by atoms with van der Waals surface area (Å²) in [7, 11) is 4.41. The number of ether oxygens (including phenoxy) is 3. The molecule has 0 bridgehead atoms. The average molecular weight is 704 g/mol. The lowest BCUT2D eigenvalue weighted by Crippen LogP contribution is -2.50. The lowest BCUT2D eigenvalue weighted by molar-refractivity contribution is -0.145. The van der Waals surface area contributed by atoms with Crippen molar-refractivity contribution in [2.45, 2.75) is 25.8 Å². The van der Waals surface area contributed by atoms with Gasteiger partial charge in [-0.25, -0.2) is 24.2 Å². The Morgan fingerprint density at radius 3 is 2.49 bits per heavy atom. The fraction of sp³-hybridized carbons (Fsp3) is 0.367. The number of thiophene rings is 1. The summed E-state index contributed by atoms with van der Waals surface area (Å²) in [6.45, 7) is 2.88. The number of esters is 2. The number of piperidine rings is 1. The summed E-state index contributed by atoms with van der Waals surface area (Å²) in [5, 5.41) is 7.97. The van der Waals surface area contributed by atoms with E-state index in [0.29, 0.717) is 46.7 Å². The van der Waals surface area contributed by atoms with Gasteiger partial charge in [-0.2, -0.15) is 0 Å². The molecule has 0 spiro atoms. The van der Waals surface area contributed by atoms with Crippen molar-refractivity contribution in [3.05, 3.63) is 51.9 Å². The second-order valence-electron chi connectivity index (χ2n) is 9.79. The number of halogens is 1. The lowest BCUT2D eigenvalue weighted by atomic mass is 10.0. The minimum absolute atomic E-state index is 0.0912. The number of nitrogens with zero attached hydrogens (tertiary/aromatic N) is 3. The van der Waals surface area contributed by atoms with Crippen molar-refractivity contribution in [2.75, 3.05) is 62.6 Å². The maximum absolute atomic E-state index is 13.2. The Morgan fingerprint density at radius 2 is 1.87 bits per heavy atom. The van der Waals surface area contributed by atoms with Gasteiger partial charge in [0.2, 0.25) is 0 Å². The van der Waals surface area contributed by atoms with Crippen molar-refractivity contribution in [1.29, 1.82) is 0 Å². The van der Waals surface area contributed by atoms with E-state index in [-0.39, 0.29) is 41.9 Å². The predicted molar refractivity (Wildman–Crippen MR) is 175 cm³/mol. The van der Waals surface area contributed by atoms with Crippen molar-refractivity contribution >= 4 is 68.5 Å². The van der Waals surface area contributed by atoms with Crippen LogP contribution in [0.4, 0.5) is 26.8 Å². The van der Waals surface area contributed by atoms with Gasteiger partial charge < -0.3 is 35.1 Å². The number of nitrogens with one attached hydrogen (secondary N) is 3. The first kappa shape index (κ1) is 33.5. The van der Waals surface area contributed by atoms with Crippen LogP contribution in [0.5, 0.6) is 5.75 Å². The fourth-order valence-corrected chi connectivity index (χ4v) is 6.84. The van der Waals surface area contributed by atoms with Crippen molar-refractivity contribution in [3.63, 3.8) is 0 Å². The molecule has 4 amide bonds. The first-order valence-corrected chi connectivity index (χ1v) is 15.8. The monoisotopic (exact) mass is 702 g/mol. The molecule has 3 heterocycles. The number of aromatic nitrogens is 1. The van der Waals surface area contributed by atoms with Crippen molar-refractivity contribution in [2.24, 2.45) is 0 Å². The number of rotatable bonds is 10. The topological polar surface area (TPSA) is 151 Å². The quantitative estimate of drug-likeness (QED) is 0.252. The van der Waals surface area contributed by atoms with Crippen LogP contribution < -0.4 is 30.5 Å². The van der Waals surface area contributed by atoms with Gasteiger partial charge in [0.25, 0.3) is 0 Å². The molecule has 0 saturated carbocycles. The molecule has 0 atom stereocenters. The molecule has 0 aliphatic carbocycles. The Hall–Kier alpha value is -4.37. The van der Waals surface area contributed by atoms with Crippen LogP contribution in [0.2, 0.25) is 0 Å². The summed E-state index contributed by atoms with van der Waals surface area (Å²) in [6, 6.07) is 10.5. The number of urea groups is 2. The first-order valence-electron chi connectivity index (χ1n) is 14.2. The van der Waals surface area contributed by atoms with E-state index in [1.165, 1.54) is 7.11 Å². The van der Waals surface area contributed by atoms with E-state index in [1.807, 2.05) is 30.3 Å². The Labute approximate surface area is 273 Å². The average Bonchev–Trinajstić information content (AvgIpc) is 3.40.